The fraction of sp³-hybridized carbons (Fsp3) is 0.529. The summed E-state index contributed by atoms with van der Waals surface area (Å²) in [6.07, 6.45) is 1.84. The van der Waals surface area contributed by atoms with Crippen LogP contribution in [-0.2, 0) is 16.0 Å². The summed E-state index contributed by atoms with van der Waals surface area (Å²) in [7, 11) is 0. The van der Waals surface area contributed by atoms with Crippen LogP contribution in [0, 0.1) is 5.92 Å². The summed E-state index contributed by atoms with van der Waals surface area (Å²) < 4.78 is 4.98. The molecule has 23 heavy (non-hydrogen) atoms. The van der Waals surface area contributed by atoms with Gasteiger partial charge in [-0.1, -0.05) is 23.7 Å². The Morgan fingerprint density at radius 1 is 1.35 bits per heavy atom. The zero-order chi connectivity index (χ0) is 16.7. The number of benzene rings is 1. The monoisotopic (exact) mass is 338 g/mol. The van der Waals surface area contributed by atoms with E-state index in [1.54, 1.807) is 11.8 Å². The van der Waals surface area contributed by atoms with E-state index in [4.69, 9.17) is 16.3 Å². The summed E-state index contributed by atoms with van der Waals surface area (Å²) in [6.45, 7) is 3.91. The molecule has 1 heterocycles. The predicted octanol–water partition coefficient (Wildman–Crippen LogP) is 2.87. The molecule has 0 unspecified atom stereocenters. The first-order valence-corrected chi connectivity index (χ1v) is 8.41. The van der Waals surface area contributed by atoms with E-state index >= 15 is 0 Å². The van der Waals surface area contributed by atoms with Gasteiger partial charge in [0.2, 0.25) is 5.91 Å². The molecule has 1 N–H and O–H groups in total. The number of ether oxygens (including phenoxy) is 1. The third kappa shape index (κ3) is 5.43. The highest BCUT2D eigenvalue weighted by atomic mass is 35.5. The molecule has 5 nitrogen and oxygen atoms in total. The molecule has 1 saturated heterocycles. The standard InChI is InChI=1S/C17H23ClN2O3/c1-2-23-17(22)20-10-7-14(8-11-20)16(21)19-9-6-13-4-3-5-15(18)12-13/h3-5,12,14H,2,6-11H2,1H3,(H,19,21). The highest BCUT2D eigenvalue weighted by Crippen LogP contribution is 2.18. The lowest BCUT2D eigenvalue weighted by Crippen LogP contribution is -2.43. The first-order valence-electron chi connectivity index (χ1n) is 8.04. The van der Waals surface area contributed by atoms with Crippen molar-refractivity contribution in [2.75, 3.05) is 26.2 Å². The summed E-state index contributed by atoms with van der Waals surface area (Å²) in [5.74, 6) is 0.0376. The summed E-state index contributed by atoms with van der Waals surface area (Å²) >= 11 is 5.94. The van der Waals surface area contributed by atoms with Crippen molar-refractivity contribution in [3.05, 3.63) is 34.9 Å². The van der Waals surface area contributed by atoms with E-state index in [9.17, 15) is 9.59 Å². The molecule has 0 bridgehead atoms. The van der Waals surface area contributed by atoms with Crippen molar-refractivity contribution < 1.29 is 14.3 Å². The molecule has 0 spiro atoms. The second-order valence-electron chi connectivity index (χ2n) is 5.63. The SMILES string of the molecule is CCOC(=O)N1CCC(C(=O)NCCc2cccc(Cl)c2)CC1. The first-order chi connectivity index (χ1) is 11.1. The Balaban J connectivity index is 1.70. The molecule has 0 radical (unpaired) electrons. The van der Waals surface area contributed by atoms with Crippen molar-refractivity contribution in [1.29, 1.82) is 0 Å². The van der Waals surface area contributed by atoms with Gasteiger partial charge < -0.3 is 15.0 Å². The van der Waals surface area contributed by atoms with Crippen LogP contribution < -0.4 is 5.32 Å². The van der Waals surface area contributed by atoms with Gasteiger partial charge in [0.15, 0.2) is 0 Å². The van der Waals surface area contributed by atoms with Crippen molar-refractivity contribution in [3.63, 3.8) is 0 Å². The van der Waals surface area contributed by atoms with Crippen LogP contribution in [0.3, 0.4) is 0 Å². The van der Waals surface area contributed by atoms with E-state index in [0.29, 0.717) is 44.1 Å². The number of nitrogens with one attached hydrogen (secondary N) is 1. The fourth-order valence-electron chi connectivity index (χ4n) is 2.71. The Morgan fingerprint density at radius 2 is 2.09 bits per heavy atom. The topological polar surface area (TPSA) is 58.6 Å². The van der Waals surface area contributed by atoms with Crippen molar-refractivity contribution in [2.24, 2.45) is 5.92 Å². The van der Waals surface area contributed by atoms with Crippen molar-refractivity contribution in [3.8, 4) is 0 Å². The van der Waals surface area contributed by atoms with Gasteiger partial charge in [-0.3, -0.25) is 4.79 Å². The first kappa shape index (κ1) is 17.6. The van der Waals surface area contributed by atoms with Gasteiger partial charge in [0.05, 0.1) is 6.61 Å². The second kappa shape index (κ2) is 8.77. The molecule has 6 heteroatoms. The number of nitrogens with zero attached hydrogens (tertiary/aromatic N) is 1. The van der Waals surface area contributed by atoms with Crippen LogP contribution in [0.25, 0.3) is 0 Å². The lowest BCUT2D eigenvalue weighted by atomic mass is 9.96. The zero-order valence-electron chi connectivity index (χ0n) is 13.4. The van der Waals surface area contributed by atoms with Crippen LogP contribution in [0.1, 0.15) is 25.3 Å². The summed E-state index contributed by atoms with van der Waals surface area (Å²) in [5.41, 5.74) is 1.11. The average molecular weight is 339 g/mol. The molecular weight excluding hydrogens is 316 g/mol. The third-order valence-electron chi connectivity index (χ3n) is 3.99. The maximum atomic E-state index is 12.2. The minimum atomic E-state index is -0.285. The smallest absolute Gasteiger partial charge is 0.409 e. The van der Waals surface area contributed by atoms with E-state index in [0.717, 1.165) is 12.0 Å². The summed E-state index contributed by atoms with van der Waals surface area (Å²) in [5, 5.41) is 3.68. The highest BCUT2D eigenvalue weighted by Gasteiger charge is 2.27. The van der Waals surface area contributed by atoms with Gasteiger partial charge in [0.1, 0.15) is 0 Å². The van der Waals surface area contributed by atoms with E-state index in [-0.39, 0.29) is 17.9 Å². The number of carbonyl (C=O) groups is 2. The van der Waals surface area contributed by atoms with E-state index in [2.05, 4.69) is 5.32 Å². The van der Waals surface area contributed by atoms with E-state index < -0.39 is 0 Å². The number of amides is 2. The number of rotatable bonds is 5. The maximum Gasteiger partial charge on any atom is 0.409 e. The molecule has 1 fully saturated rings. The number of piperidine rings is 1. The Hall–Kier alpha value is -1.75. The molecule has 1 aromatic rings. The Kier molecular flexibility index (Phi) is 6.71. The molecule has 2 rings (SSSR count). The molecule has 0 aromatic heterocycles. The summed E-state index contributed by atoms with van der Waals surface area (Å²) in [4.78, 5) is 25.5. The van der Waals surface area contributed by atoms with Gasteiger partial charge in [0.25, 0.3) is 0 Å². The fourth-order valence-corrected chi connectivity index (χ4v) is 2.92. The Morgan fingerprint density at radius 3 is 2.74 bits per heavy atom. The number of hydrogen-bond donors (Lipinski definition) is 1. The molecular formula is C17H23ClN2O3. The predicted molar refractivity (Wildman–Crippen MR) is 89.5 cm³/mol. The number of carbonyl (C=O) groups excluding carboxylic acids is 2. The van der Waals surface area contributed by atoms with Gasteiger partial charge in [-0.15, -0.1) is 0 Å². The lowest BCUT2D eigenvalue weighted by molar-refractivity contribution is -0.126. The number of likely N-dealkylation sites (tertiary alicyclic amines) is 1. The molecule has 1 aliphatic heterocycles. The van der Waals surface area contributed by atoms with Gasteiger partial charge in [-0.05, 0) is 43.9 Å². The molecule has 0 aliphatic carbocycles. The van der Waals surface area contributed by atoms with Gasteiger partial charge in [-0.25, -0.2) is 4.79 Å². The van der Waals surface area contributed by atoms with Gasteiger partial charge >= 0.3 is 6.09 Å². The van der Waals surface area contributed by atoms with Crippen LogP contribution >= 0.6 is 11.6 Å². The van der Waals surface area contributed by atoms with Crippen LogP contribution in [-0.4, -0.2) is 43.1 Å². The van der Waals surface area contributed by atoms with E-state index in [1.807, 2.05) is 24.3 Å². The summed E-state index contributed by atoms with van der Waals surface area (Å²) in [6, 6.07) is 7.65. The number of hydrogen-bond acceptors (Lipinski definition) is 3. The van der Waals surface area contributed by atoms with Crippen LogP contribution in [0.4, 0.5) is 4.79 Å². The zero-order valence-corrected chi connectivity index (χ0v) is 14.1. The van der Waals surface area contributed by atoms with Gasteiger partial charge in [-0.2, -0.15) is 0 Å². The molecule has 1 aromatic carbocycles. The molecule has 0 atom stereocenters. The molecule has 126 valence electrons. The van der Waals surface area contributed by atoms with Crippen molar-refractivity contribution in [1.82, 2.24) is 10.2 Å². The van der Waals surface area contributed by atoms with E-state index in [1.165, 1.54) is 0 Å². The normalized spacial score (nSPS) is 15.3. The third-order valence-corrected chi connectivity index (χ3v) is 4.23. The molecule has 1 aliphatic rings. The van der Waals surface area contributed by atoms with Crippen LogP contribution in [0.5, 0.6) is 0 Å². The van der Waals surface area contributed by atoms with Crippen LogP contribution in [0.2, 0.25) is 5.02 Å². The largest absolute Gasteiger partial charge is 0.450 e. The van der Waals surface area contributed by atoms with Crippen molar-refractivity contribution >= 4 is 23.6 Å². The minimum absolute atomic E-state index is 0.0277. The highest BCUT2D eigenvalue weighted by molar-refractivity contribution is 6.30. The Labute approximate surface area is 141 Å². The maximum absolute atomic E-state index is 12.2. The van der Waals surface area contributed by atoms with Crippen LogP contribution in [0.15, 0.2) is 24.3 Å². The minimum Gasteiger partial charge on any atom is -0.450 e. The lowest BCUT2D eigenvalue weighted by Gasteiger charge is -2.30. The Bertz CT molecular complexity index is 542. The molecule has 2 amide bonds. The second-order valence-corrected chi connectivity index (χ2v) is 6.07. The van der Waals surface area contributed by atoms with Crippen molar-refractivity contribution in [2.45, 2.75) is 26.2 Å². The average Bonchev–Trinajstić information content (AvgIpc) is 2.55. The molecule has 0 saturated carbocycles. The van der Waals surface area contributed by atoms with Gasteiger partial charge in [0, 0.05) is 30.6 Å². The quantitative estimate of drug-likeness (QED) is 0.898. The number of halogens is 1.